The quantitative estimate of drug-likeness (QED) is 0.745. The Bertz CT molecular complexity index is 240. The van der Waals surface area contributed by atoms with Crippen molar-refractivity contribution in [2.24, 2.45) is 5.41 Å². The number of piperidine rings is 1. The number of nitrogens with one attached hydrogen (secondary N) is 1. The molecule has 2 fully saturated rings. The van der Waals surface area contributed by atoms with Gasteiger partial charge in [-0.25, -0.2) is 4.79 Å². The van der Waals surface area contributed by atoms with Crippen LogP contribution >= 0.6 is 0 Å². The van der Waals surface area contributed by atoms with Crippen molar-refractivity contribution in [1.29, 1.82) is 0 Å². The molecular weight excluding hydrogens is 188 g/mol. The Morgan fingerprint density at radius 3 is 2.47 bits per heavy atom. The summed E-state index contributed by atoms with van der Waals surface area (Å²) in [5.74, 6) is 0. The topological polar surface area (TPSA) is 32.3 Å². The van der Waals surface area contributed by atoms with E-state index in [1.54, 1.807) is 0 Å². The lowest BCUT2D eigenvalue weighted by molar-refractivity contribution is 0.126. The Hall–Kier alpha value is -0.730. The maximum Gasteiger partial charge on any atom is 0.317 e. The molecule has 2 amide bonds. The van der Waals surface area contributed by atoms with E-state index in [4.69, 9.17) is 0 Å². The second-order valence-corrected chi connectivity index (χ2v) is 5.38. The average Bonchev–Trinajstić information content (AvgIpc) is 3.03. The molecule has 2 aliphatic rings. The summed E-state index contributed by atoms with van der Waals surface area (Å²) in [7, 11) is 0. The molecule has 1 saturated heterocycles. The second kappa shape index (κ2) is 4.03. The van der Waals surface area contributed by atoms with E-state index in [0.717, 1.165) is 25.9 Å². The van der Waals surface area contributed by atoms with Crippen molar-refractivity contribution >= 4 is 6.03 Å². The van der Waals surface area contributed by atoms with Crippen LogP contribution in [0.5, 0.6) is 0 Å². The highest BCUT2D eigenvalue weighted by Gasteiger charge is 2.32. The van der Waals surface area contributed by atoms with Gasteiger partial charge in [-0.2, -0.15) is 0 Å². The summed E-state index contributed by atoms with van der Waals surface area (Å²) in [6.07, 6.45) is 5.88. The molecule has 0 bridgehead atoms. The molecule has 1 aliphatic heterocycles. The number of nitrogens with zero attached hydrogens (tertiary/aromatic N) is 1. The normalized spacial score (nSPS) is 25.1. The number of urea groups is 1. The lowest BCUT2D eigenvalue weighted by Crippen LogP contribution is -2.47. The maximum absolute atomic E-state index is 11.8. The summed E-state index contributed by atoms with van der Waals surface area (Å²) in [5.41, 5.74) is 0.469. The average molecular weight is 210 g/mol. The predicted octanol–water partition coefficient (Wildman–Crippen LogP) is 2.37. The van der Waals surface area contributed by atoms with Crippen LogP contribution in [0.4, 0.5) is 4.79 Å². The molecule has 1 heterocycles. The lowest BCUT2D eigenvalue weighted by atomic mass is 9.78. The van der Waals surface area contributed by atoms with Crippen molar-refractivity contribution in [3.8, 4) is 0 Å². The zero-order valence-electron chi connectivity index (χ0n) is 9.88. The number of hydrogen-bond acceptors (Lipinski definition) is 1. The number of hydrogen-bond donors (Lipinski definition) is 1. The van der Waals surface area contributed by atoms with Gasteiger partial charge < -0.3 is 10.2 Å². The van der Waals surface area contributed by atoms with Gasteiger partial charge in [0.05, 0.1) is 0 Å². The molecule has 15 heavy (non-hydrogen) atoms. The number of carbonyl (C=O) groups is 1. The predicted molar refractivity (Wildman–Crippen MR) is 60.8 cm³/mol. The third kappa shape index (κ3) is 2.64. The van der Waals surface area contributed by atoms with Gasteiger partial charge in [-0.1, -0.05) is 20.3 Å². The van der Waals surface area contributed by atoms with Crippen LogP contribution < -0.4 is 5.32 Å². The first-order valence-corrected chi connectivity index (χ1v) is 6.18. The van der Waals surface area contributed by atoms with Crippen molar-refractivity contribution in [3.05, 3.63) is 0 Å². The van der Waals surface area contributed by atoms with Crippen LogP contribution in [0, 0.1) is 5.41 Å². The number of carbonyl (C=O) groups excluding carboxylic acids is 1. The summed E-state index contributed by atoms with van der Waals surface area (Å²) in [6.45, 7) is 6.45. The molecule has 0 aromatic rings. The van der Waals surface area contributed by atoms with Crippen LogP contribution in [0.2, 0.25) is 0 Å². The van der Waals surface area contributed by atoms with E-state index in [1.807, 2.05) is 4.90 Å². The van der Waals surface area contributed by atoms with Crippen LogP contribution in [-0.4, -0.2) is 30.1 Å². The molecule has 2 rings (SSSR count). The molecule has 0 radical (unpaired) electrons. The summed E-state index contributed by atoms with van der Waals surface area (Å²) >= 11 is 0. The summed E-state index contributed by atoms with van der Waals surface area (Å²) < 4.78 is 0. The van der Waals surface area contributed by atoms with E-state index in [1.165, 1.54) is 19.3 Å². The number of likely N-dealkylation sites (tertiary alicyclic amines) is 1. The van der Waals surface area contributed by atoms with Gasteiger partial charge in [-0.15, -0.1) is 0 Å². The molecular formula is C12H22N2O. The maximum atomic E-state index is 11.8. The van der Waals surface area contributed by atoms with Gasteiger partial charge >= 0.3 is 6.03 Å². The first-order chi connectivity index (χ1) is 7.13. The molecule has 1 N–H and O–H groups in total. The monoisotopic (exact) mass is 210 g/mol. The van der Waals surface area contributed by atoms with Gasteiger partial charge in [0.2, 0.25) is 0 Å². The highest BCUT2D eigenvalue weighted by Crippen LogP contribution is 2.34. The van der Waals surface area contributed by atoms with E-state index in [2.05, 4.69) is 19.2 Å². The van der Waals surface area contributed by atoms with Gasteiger partial charge in [0.15, 0.2) is 0 Å². The zero-order valence-corrected chi connectivity index (χ0v) is 9.88. The largest absolute Gasteiger partial charge is 0.335 e. The molecule has 0 atom stereocenters. The number of rotatable bonds is 2. The van der Waals surface area contributed by atoms with Gasteiger partial charge in [0, 0.05) is 19.1 Å². The van der Waals surface area contributed by atoms with Crippen LogP contribution in [0.1, 0.15) is 46.0 Å². The molecule has 0 spiro atoms. The van der Waals surface area contributed by atoms with E-state index in [-0.39, 0.29) is 6.03 Å². The Morgan fingerprint density at radius 2 is 2.00 bits per heavy atom. The van der Waals surface area contributed by atoms with E-state index >= 15 is 0 Å². The van der Waals surface area contributed by atoms with Gasteiger partial charge in [-0.3, -0.25) is 0 Å². The SMILES string of the molecule is CCC1(C)CCN(C(=O)NC2CC2)CC1. The van der Waals surface area contributed by atoms with Crippen LogP contribution in [-0.2, 0) is 0 Å². The van der Waals surface area contributed by atoms with Crippen LogP contribution in [0.3, 0.4) is 0 Å². The van der Waals surface area contributed by atoms with Gasteiger partial charge in [0.25, 0.3) is 0 Å². The molecule has 3 nitrogen and oxygen atoms in total. The Labute approximate surface area is 92.2 Å². The van der Waals surface area contributed by atoms with E-state index in [9.17, 15) is 4.79 Å². The van der Waals surface area contributed by atoms with Crippen molar-refractivity contribution in [2.75, 3.05) is 13.1 Å². The first kappa shape index (κ1) is 10.8. The molecule has 1 saturated carbocycles. The second-order valence-electron chi connectivity index (χ2n) is 5.38. The molecule has 0 unspecified atom stereocenters. The third-order valence-electron chi connectivity index (χ3n) is 4.02. The van der Waals surface area contributed by atoms with Gasteiger partial charge in [0.1, 0.15) is 0 Å². The van der Waals surface area contributed by atoms with E-state index in [0.29, 0.717) is 11.5 Å². The number of amides is 2. The van der Waals surface area contributed by atoms with Crippen LogP contribution in [0.15, 0.2) is 0 Å². The minimum absolute atomic E-state index is 0.163. The Kier molecular flexibility index (Phi) is 2.89. The van der Waals surface area contributed by atoms with Crippen molar-refractivity contribution in [1.82, 2.24) is 10.2 Å². The highest BCUT2D eigenvalue weighted by atomic mass is 16.2. The fraction of sp³-hybridized carbons (Fsp3) is 0.917. The fourth-order valence-corrected chi connectivity index (χ4v) is 2.10. The molecule has 0 aromatic carbocycles. The highest BCUT2D eigenvalue weighted by molar-refractivity contribution is 5.74. The molecule has 1 aliphatic carbocycles. The van der Waals surface area contributed by atoms with Crippen LogP contribution in [0.25, 0.3) is 0 Å². The fourth-order valence-electron chi connectivity index (χ4n) is 2.10. The lowest BCUT2D eigenvalue weighted by Gasteiger charge is -2.38. The van der Waals surface area contributed by atoms with Gasteiger partial charge in [-0.05, 0) is 31.1 Å². The Morgan fingerprint density at radius 1 is 1.40 bits per heavy atom. The Balaban J connectivity index is 1.79. The minimum Gasteiger partial charge on any atom is -0.335 e. The molecule has 0 aromatic heterocycles. The molecule has 3 heteroatoms. The first-order valence-electron chi connectivity index (χ1n) is 6.18. The smallest absolute Gasteiger partial charge is 0.317 e. The van der Waals surface area contributed by atoms with E-state index < -0.39 is 0 Å². The summed E-state index contributed by atoms with van der Waals surface area (Å²) in [6, 6.07) is 0.646. The van der Waals surface area contributed by atoms with Crippen molar-refractivity contribution in [2.45, 2.75) is 52.0 Å². The summed E-state index contributed by atoms with van der Waals surface area (Å²) in [5, 5.41) is 3.06. The zero-order chi connectivity index (χ0) is 10.9. The van der Waals surface area contributed by atoms with Crippen molar-refractivity contribution in [3.63, 3.8) is 0 Å². The van der Waals surface area contributed by atoms with Crippen molar-refractivity contribution < 1.29 is 4.79 Å². The standard InChI is InChI=1S/C12H22N2O/c1-3-12(2)6-8-14(9-7-12)11(15)13-10-4-5-10/h10H,3-9H2,1-2H3,(H,13,15). The minimum atomic E-state index is 0.163. The third-order valence-corrected chi connectivity index (χ3v) is 4.02. The summed E-state index contributed by atoms with van der Waals surface area (Å²) in [4.78, 5) is 13.7. The molecule has 86 valence electrons.